The molecule has 1 saturated heterocycles. The number of hydrogen-bond donors (Lipinski definition) is 2. The fourth-order valence-electron chi connectivity index (χ4n) is 2.52. The maximum absolute atomic E-state index is 13.7. The molecule has 0 bridgehead atoms. The Labute approximate surface area is 125 Å². The topological polar surface area (TPSA) is 75.4 Å². The third kappa shape index (κ3) is 4.15. The maximum atomic E-state index is 13.7. The fourth-order valence-corrected chi connectivity index (χ4v) is 3.75. The first kappa shape index (κ1) is 16.2. The quantitative estimate of drug-likeness (QED) is 0.809. The van der Waals surface area contributed by atoms with Gasteiger partial charge < -0.3 is 5.73 Å². The largest absolute Gasteiger partial charge is 0.399 e. The summed E-state index contributed by atoms with van der Waals surface area (Å²) in [6.07, 6.45) is 3.51. The number of rotatable bonds is 5. The maximum Gasteiger partial charge on any atom is 0.243 e. The van der Waals surface area contributed by atoms with Crippen molar-refractivity contribution in [3.05, 3.63) is 24.0 Å². The Morgan fingerprint density at radius 3 is 2.67 bits per heavy atom. The molecule has 0 amide bonds. The van der Waals surface area contributed by atoms with E-state index in [1.54, 1.807) is 0 Å². The summed E-state index contributed by atoms with van der Waals surface area (Å²) in [4.78, 5) is 1.86. The summed E-state index contributed by atoms with van der Waals surface area (Å²) in [5.41, 5.74) is 5.75. The summed E-state index contributed by atoms with van der Waals surface area (Å²) in [7, 11) is -3.88. The molecule has 1 aliphatic rings. The van der Waals surface area contributed by atoms with Crippen LogP contribution in [-0.2, 0) is 10.0 Å². The van der Waals surface area contributed by atoms with Gasteiger partial charge >= 0.3 is 0 Å². The predicted molar refractivity (Wildman–Crippen MR) is 80.9 cm³/mol. The molecule has 3 N–H and O–H groups in total. The van der Waals surface area contributed by atoms with Crippen molar-refractivity contribution < 1.29 is 12.8 Å². The Balaban J connectivity index is 2.02. The zero-order valence-electron chi connectivity index (χ0n) is 12.2. The van der Waals surface area contributed by atoms with Gasteiger partial charge in [-0.3, -0.25) is 4.90 Å². The molecule has 118 valence electrons. The summed E-state index contributed by atoms with van der Waals surface area (Å²) in [5.74, 6) is -0.790. The first-order valence-corrected chi connectivity index (χ1v) is 8.67. The standard InChI is InChI=1S/C14H22FN3O2S/c1-11(18-7-3-2-4-8-18)10-17-21(19,20)14-9-12(16)5-6-13(14)15/h5-6,9,11,17H,2-4,7-8,10,16H2,1H3. The number of hydrogen-bond acceptors (Lipinski definition) is 4. The van der Waals surface area contributed by atoms with E-state index in [1.165, 1.54) is 12.5 Å². The molecule has 1 heterocycles. The van der Waals surface area contributed by atoms with Crippen LogP contribution in [-0.4, -0.2) is 39.0 Å². The van der Waals surface area contributed by atoms with E-state index in [0.717, 1.165) is 38.1 Å². The van der Waals surface area contributed by atoms with Gasteiger partial charge in [0.05, 0.1) is 0 Å². The van der Waals surface area contributed by atoms with Crippen LogP contribution in [0.3, 0.4) is 0 Å². The molecule has 0 aliphatic carbocycles. The van der Waals surface area contributed by atoms with Crippen molar-refractivity contribution in [2.75, 3.05) is 25.4 Å². The summed E-state index contributed by atoms with van der Waals surface area (Å²) < 4.78 is 40.5. The molecule has 0 spiro atoms. The summed E-state index contributed by atoms with van der Waals surface area (Å²) >= 11 is 0. The molecular formula is C14H22FN3O2S. The molecule has 0 aromatic heterocycles. The molecule has 0 radical (unpaired) electrons. The normalized spacial score (nSPS) is 18.6. The van der Waals surface area contributed by atoms with Gasteiger partial charge in [-0.05, 0) is 51.1 Å². The van der Waals surface area contributed by atoms with Crippen LogP contribution in [0.2, 0.25) is 0 Å². The number of piperidine rings is 1. The lowest BCUT2D eigenvalue weighted by Gasteiger charge is -2.32. The van der Waals surface area contributed by atoms with Crippen molar-refractivity contribution >= 4 is 15.7 Å². The van der Waals surface area contributed by atoms with Crippen LogP contribution in [0.1, 0.15) is 26.2 Å². The Kier molecular flexibility index (Phi) is 5.18. The SMILES string of the molecule is CC(CNS(=O)(=O)c1cc(N)ccc1F)N1CCCCC1. The molecule has 5 nitrogen and oxygen atoms in total. The highest BCUT2D eigenvalue weighted by Crippen LogP contribution is 2.18. The van der Waals surface area contributed by atoms with Gasteiger partial charge in [0.2, 0.25) is 10.0 Å². The molecule has 1 atom stereocenters. The smallest absolute Gasteiger partial charge is 0.243 e. The predicted octanol–water partition coefficient (Wildman–Crippen LogP) is 1.56. The minimum absolute atomic E-state index is 0.0872. The molecule has 1 unspecified atom stereocenters. The molecule has 1 fully saturated rings. The van der Waals surface area contributed by atoms with E-state index in [-0.39, 0.29) is 18.3 Å². The molecule has 7 heteroatoms. The van der Waals surface area contributed by atoms with Crippen molar-refractivity contribution in [2.24, 2.45) is 0 Å². The van der Waals surface area contributed by atoms with Gasteiger partial charge in [-0.1, -0.05) is 6.42 Å². The van der Waals surface area contributed by atoms with Crippen molar-refractivity contribution in [2.45, 2.75) is 37.1 Å². The van der Waals surface area contributed by atoms with Gasteiger partial charge in [-0.25, -0.2) is 17.5 Å². The highest BCUT2D eigenvalue weighted by atomic mass is 32.2. The lowest BCUT2D eigenvalue weighted by Crippen LogP contribution is -2.44. The highest BCUT2D eigenvalue weighted by molar-refractivity contribution is 7.89. The van der Waals surface area contributed by atoms with E-state index in [9.17, 15) is 12.8 Å². The first-order valence-electron chi connectivity index (χ1n) is 7.19. The number of benzene rings is 1. The van der Waals surface area contributed by atoms with E-state index in [4.69, 9.17) is 5.73 Å². The van der Waals surface area contributed by atoms with E-state index in [2.05, 4.69) is 9.62 Å². The minimum Gasteiger partial charge on any atom is -0.399 e. The molecular weight excluding hydrogens is 293 g/mol. The molecule has 1 aliphatic heterocycles. The van der Waals surface area contributed by atoms with Crippen LogP contribution in [0.4, 0.5) is 10.1 Å². The van der Waals surface area contributed by atoms with E-state index in [0.29, 0.717) is 0 Å². The van der Waals surface area contributed by atoms with Crippen LogP contribution in [0.25, 0.3) is 0 Å². The van der Waals surface area contributed by atoms with Gasteiger partial charge in [0.1, 0.15) is 10.7 Å². The number of likely N-dealkylation sites (tertiary alicyclic amines) is 1. The van der Waals surface area contributed by atoms with Gasteiger partial charge in [-0.15, -0.1) is 0 Å². The number of anilines is 1. The van der Waals surface area contributed by atoms with Crippen LogP contribution in [0.15, 0.2) is 23.1 Å². The van der Waals surface area contributed by atoms with Crippen molar-refractivity contribution in [1.82, 2.24) is 9.62 Å². The van der Waals surface area contributed by atoms with Crippen LogP contribution in [0.5, 0.6) is 0 Å². The van der Waals surface area contributed by atoms with E-state index in [1.807, 2.05) is 6.92 Å². The van der Waals surface area contributed by atoms with Crippen LogP contribution < -0.4 is 10.5 Å². The first-order chi connectivity index (χ1) is 9.90. The van der Waals surface area contributed by atoms with Crippen molar-refractivity contribution in [3.63, 3.8) is 0 Å². The molecule has 2 rings (SSSR count). The van der Waals surface area contributed by atoms with Gasteiger partial charge in [-0.2, -0.15) is 0 Å². The lowest BCUT2D eigenvalue weighted by molar-refractivity contribution is 0.175. The second-order valence-electron chi connectivity index (χ2n) is 5.49. The second kappa shape index (κ2) is 6.72. The molecule has 0 saturated carbocycles. The molecule has 21 heavy (non-hydrogen) atoms. The Hall–Kier alpha value is -1.18. The van der Waals surface area contributed by atoms with E-state index < -0.39 is 20.7 Å². The van der Waals surface area contributed by atoms with Crippen LogP contribution >= 0.6 is 0 Å². The monoisotopic (exact) mass is 315 g/mol. The highest BCUT2D eigenvalue weighted by Gasteiger charge is 2.22. The average molecular weight is 315 g/mol. The number of halogens is 1. The zero-order chi connectivity index (χ0) is 15.5. The number of nitrogens with two attached hydrogens (primary N) is 1. The summed E-state index contributed by atoms with van der Waals surface area (Å²) in [6.45, 7) is 4.20. The third-order valence-electron chi connectivity index (χ3n) is 3.83. The van der Waals surface area contributed by atoms with Crippen molar-refractivity contribution in [3.8, 4) is 0 Å². The Morgan fingerprint density at radius 1 is 1.33 bits per heavy atom. The molecule has 1 aromatic carbocycles. The number of nitrogen functional groups attached to an aromatic ring is 1. The van der Waals surface area contributed by atoms with Gasteiger partial charge in [0, 0.05) is 18.3 Å². The number of nitrogens with zero attached hydrogens (tertiary/aromatic N) is 1. The van der Waals surface area contributed by atoms with Crippen molar-refractivity contribution in [1.29, 1.82) is 0 Å². The lowest BCUT2D eigenvalue weighted by atomic mass is 10.1. The fraction of sp³-hybridized carbons (Fsp3) is 0.571. The average Bonchev–Trinajstić information content (AvgIpc) is 2.48. The zero-order valence-corrected chi connectivity index (χ0v) is 13.0. The van der Waals surface area contributed by atoms with Gasteiger partial charge in [0.15, 0.2) is 0 Å². The minimum atomic E-state index is -3.88. The number of sulfonamides is 1. The summed E-state index contributed by atoms with van der Waals surface area (Å²) in [5, 5.41) is 0. The number of nitrogens with one attached hydrogen (secondary N) is 1. The summed E-state index contributed by atoms with van der Waals surface area (Å²) in [6, 6.07) is 3.63. The Morgan fingerprint density at radius 2 is 2.00 bits per heavy atom. The second-order valence-corrected chi connectivity index (χ2v) is 7.22. The third-order valence-corrected chi connectivity index (χ3v) is 5.27. The van der Waals surface area contributed by atoms with Crippen LogP contribution in [0, 0.1) is 5.82 Å². The Bertz CT molecular complexity index is 586. The van der Waals surface area contributed by atoms with Gasteiger partial charge in [0.25, 0.3) is 0 Å². The molecule has 1 aromatic rings. The van der Waals surface area contributed by atoms with E-state index >= 15 is 0 Å².